The zero-order valence-corrected chi connectivity index (χ0v) is 32.7. The molecule has 0 bridgehead atoms. The van der Waals surface area contributed by atoms with Crippen LogP contribution in [0.25, 0.3) is 0 Å². The molecule has 7 nitrogen and oxygen atoms in total. The summed E-state index contributed by atoms with van der Waals surface area (Å²) in [7, 11) is 0. The second-order valence-electron chi connectivity index (χ2n) is 13.7. The van der Waals surface area contributed by atoms with Crippen LogP contribution in [-0.4, -0.2) is 57.4 Å². The predicted molar refractivity (Wildman–Crippen MR) is 207 cm³/mol. The van der Waals surface area contributed by atoms with Gasteiger partial charge in [-0.3, -0.25) is 14.4 Å². The molecule has 0 rings (SSSR count). The van der Waals surface area contributed by atoms with Crippen LogP contribution in [0.3, 0.4) is 0 Å². The monoisotopic (exact) mass is 707 g/mol. The molecule has 0 aromatic rings. The van der Waals surface area contributed by atoms with Crippen molar-refractivity contribution >= 4 is 17.7 Å². The minimum absolute atomic E-state index is 0.115. The highest BCUT2D eigenvalue weighted by atomic mass is 16.5. The minimum atomic E-state index is -0.115. The van der Waals surface area contributed by atoms with Crippen LogP contribution >= 0.6 is 0 Å². The summed E-state index contributed by atoms with van der Waals surface area (Å²) in [6.07, 6.45) is 36.5. The van der Waals surface area contributed by atoms with Crippen molar-refractivity contribution in [1.29, 1.82) is 0 Å². The summed E-state index contributed by atoms with van der Waals surface area (Å²) in [5.41, 5.74) is 0. The summed E-state index contributed by atoms with van der Waals surface area (Å²) >= 11 is 0. The Balaban J connectivity index is 3.38. The van der Waals surface area contributed by atoms with Crippen LogP contribution in [0.5, 0.6) is 0 Å². The largest absolute Gasteiger partial charge is 0.461 e. The van der Waals surface area contributed by atoms with Crippen molar-refractivity contribution in [2.75, 3.05) is 39.6 Å². The first kappa shape index (κ1) is 48.0. The van der Waals surface area contributed by atoms with Crippen molar-refractivity contribution in [1.82, 2.24) is 0 Å². The molecule has 7 heteroatoms. The van der Waals surface area contributed by atoms with E-state index in [-0.39, 0.29) is 11.9 Å². The van der Waals surface area contributed by atoms with Crippen LogP contribution in [0.4, 0.5) is 0 Å². The molecule has 0 saturated heterocycles. The lowest BCUT2D eigenvalue weighted by Gasteiger charge is -2.04. The van der Waals surface area contributed by atoms with E-state index in [1.165, 1.54) is 38.5 Å². The fourth-order valence-corrected chi connectivity index (χ4v) is 5.59. The van der Waals surface area contributed by atoms with Gasteiger partial charge < -0.3 is 18.9 Å². The Kier molecular flexibility index (Phi) is 39.8. The summed E-state index contributed by atoms with van der Waals surface area (Å²) in [4.78, 5) is 36.0. The van der Waals surface area contributed by atoms with E-state index in [1.807, 2.05) is 12.2 Å². The number of rotatable bonds is 40. The molecule has 0 fully saturated rings. The molecule has 0 spiro atoms. The highest BCUT2D eigenvalue weighted by molar-refractivity contribution is 5.78. The summed E-state index contributed by atoms with van der Waals surface area (Å²) in [5.74, 6) is 0.154. The molecule has 0 amide bonds. The van der Waals surface area contributed by atoms with Crippen LogP contribution in [0.2, 0.25) is 0 Å². The van der Waals surface area contributed by atoms with Crippen molar-refractivity contribution in [3.8, 4) is 0 Å². The molecule has 0 aliphatic heterocycles. The molecule has 0 N–H and O–H groups in total. The maximum atomic E-state index is 12.2. The van der Waals surface area contributed by atoms with Gasteiger partial charge in [-0.1, -0.05) is 128 Å². The Morgan fingerprint density at radius 1 is 0.380 bits per heavy atom. The van der Waals surface area contributed by atoms with Gasteiger partial charge in [-0.25, -0.2) is 0 Å². The minimum Gasteiger partial charge on any atom is -0.461 e. The van der Waals surface area contributed by atoms with Gasteiger partial charge in [0.05, 0.1) is 0 Å². The standard InChI is InChI=1S/C43H78O7/c1-3-5-7-25-35-47-37-27-17-19-29-39-49-42(45)33-23-15-11-9-13-21-31-41(44)32-22-14-10-12-16-24-34-43(46)50-40-30-20-18-28-38-48-36-26-8-6-4-2/h19-20,29-30H,3-18,21-28,31-40H2,1-2H3/b29-19+,30-20+. The quantitative estimate of drug-likeness (QED) is 0.0356. The summed E-state index contributed by atoms with van der Waals surface area (Å²) in [6, 6.07) is 0. The third-order valence-electron chi connectivity index (χ3n) is 8.79. The van der Waals surface area contributed by atoms with Gasteiger partial charge >= 0.3 is 11.9 Å². The maximum absolute atomic E-state index is 12.2. The number of allylic oxidation sites excluding steroid dienone is 2. The molecule has 0 saturated carbocycles. The highest BCUT2D eigenvalue weighted by Gasteiger charge is 2.05. The van der Waals surface area contributed by atoms with E-state index in [2.05, 4.69) is 26.0 Å². The van der Waals surface area contributed by atoms with E-state index >= 15 is 0 Å². The predicted octanol–water partition coefficient (Wildman–Crippen LogP) is 11.8. The van der Waals surface area contributed by atoms with Crippen molar-refractivity contribution in [2.24, 2.45) is 0 Å². The molecule has 0 atom stereocenters. The van der Waals surface area contributed by atoms with Crippen molar-refractivity contribution < 1.29 is 33.3 Å². The number of unbranched alkanes of at least 4 members (excludes halogenated alkanes) is 18. The van der Waals surface area contributed by atoms with Crippen LogP contribution < -0.4 is 0 Å². The molecular weight excluding hydrogens is 628 g/mol. The average molecular weight is 707 g/mol. The van der Waals surface area contributed by atoms with Crippen LogP contribution in [0.1, 0.15) is 194 Å². The normalized spacial score (nSPS) is 11.6. The Labute approximate surface area is 308 Å². The molecule has 0 aromatic heterocycles. The van der Waals surface area contributed by atoms with Gasteiger partial charge in [0.15, 0.2) is 0 Å². The third-order valence-corrected chi connectivity index (χ3v) is 8.79. The van der Waals surface area contributed by atoms with E-state index in [0.717, 1.165) is 142 Å². The van der Waals surface area contributed by atoms with Gasteiger partial charge in [0, 0.05) is 52.1 Å². The molecular formula is C43H78O7. The number of ether oxygens (including phenoxy) is 4. The lowest BCUT2D eigenvalue weighted by atomic mass is 10.0. The van der Waals surface area contributed by atoms with Gasteiger partial charge in [0.2, 0.25) is 0 Å². The van der Waals surface area contributed by atoms with E-state index in [0.29, 0.717) is 44.7 Å². The fraction of sp³-hybridized carbons (Fsp3) is 0.837. The number of ketones is 1. The first-order valence-corrected chi connectivity index (χ1v) is 20.9. The topological polar surface area (TPSA) is 88.1 Å². The Bertz CT molecular complexity index is 743. The fourth-order valence-electron chi connectivity index (χ4n) is 5.59. The Morgan fingerprint density at radius 3 is 1.12 bits per heavy atom. The summed E-state index contributed by atoms with van der Waals surface area (Å²) in [5, 5.41) is 0. The van der Waals surface area contributed by atoms with E-state index in [9.17, 15) is 14.4 Å². The van der Waals surface area contributed by atoms with E-state index < -0.39 is 0 Å². The van der Waals surface area contributed by atoms with Crippen molar-refractivity contribution in [3.63, 3.8) is 0 Å². The van der Waals surface area contributed by atoms with Crippen molar-refractivity contribution in [2.45, 2.75) is 194 Å². The number of Topliss-reactive ketones (excluding diaryl/α,β-unsaturated/α-hetero) is 1. The van der Waals surface area contributed by atoms with Crippen LogP contribution in [0, 0.1) is 0 Å². The molecule has 0 aromatic carbocycles. The second kappa shape index (κ2) is 41.4. The number of hydrogen-bond donors (Lipinski definition) is 0. The molecule has 0 radical (unpaired) electrons. The lowest BCUT2D eigenvalue weighted by Crippen LogP contribution is -2.04. The van der Waals surface area contributed by atoms with Gasteiger partial charge in [0.25, 0.3) is 0 Å². The first-order chi connectivity index (χ1) is 24.6. The molecule has 0 aliphatic carbocycles. The zero-order chi connectivity index (χ0) is 36.4. The summed E-state index contributed by atoms with van der Waals surface area (Å²) in [6.45, 7) is 8.48. The average Bonchev–Trinajstić information content (AvgIpc) is 3.11. The number of carbonyl (C=O) groups excluding carboxylic acids is 3. The number of carbonyl (C=O) groups is 3. The lowest BCUT2D eigenvalue weighted by molar-refractivity contribution is -0.143. The molecule has 0 aliphatic rings. The third kappa shape index (κ3) is 40.4. The molecule has 292 valence electrons. The number of hydrogen-bond acceptors (Lipinski definition) is 7. The SMILES string of the molecule is CCCCCCOCCC/C=C/COC(=O)CCCCCCCCC(=O)CCCCCCCCC(=O)OC/C=C/CCCOCCCCCC. The molecule has 0 heterocycles. The van der Waals surface area contributed by atoms with Crippen LogP contribution in [0.15, 0.2) is 24.3 Å². The molecule has 50 heavy (non-hydrogen) atoms. The smallest absolute Gasteiger partial charge is 0.306 e. The number of esters is 2. The van der Waals surface area contributed by atoms with E-state index in [1.54, 1.807) is 0 Å². The van der Waals surface area contributed by atoms with Crippen LogP contribution in [-0.2, 0) is 33.3 Å². The Morgan fingerprint density at radius 2 is 0.720 bits per heavy atom. The van der Waals surface area contributed by atoms with Gasteiger partial charge in [-0.05, 0) is 64.2 Å². The Hall–Kier alpha value is -1.99. The van der Waals surface area contributed by atoms with Gasteiger partial charge in [0.1, 0.15) is 19.0 Å². The summed E-state index contributed by atoms with van der Waals surface area (Å²) < 4.78 is 21.8. The van der Waals surface area contributed by atoms with E-state index in [4.69, 9.17) is 18.9 Å². The highest BCUT2D eigenvalue weighted by Crippen LogP contribution is 2.13. The van der Waals surface area contributed by atoms with Gasteiger partial charge in [-0.2, -0.15) is 0 Å². The van der Waals surface area contributed by atoms with Crippen molar-refractivity contribution in [3.05, 3.63) is 24.3 Å². The second-order valence-corrected chi connectivity index (χ2v) is 13.7. The maximum Gasteiger partial charge on any atom is 0.306 e. The zero-order valence-electron chi connectivity index (χ0n) is 32.7. The first-order valence-electron chi connectivity index (χ1n) is 20.9. The molecule has 0 unspecified atom stereocenters. The van der Waals surface area contributed by atoms with Gasteiger partial charge in [-0.15, -0.1) is 0 Å².